The molecule has 0 radical (unpaired) electrons. The summed E-state index contributed by atoms with van der Waals surface area (Å²) in [6, 6.07) is 0. The van der Waals surface area contributed by atoms with Crippen LogP contribution in [0.4, 0.5) is 4.39 Å². The first-order valence-electron chi connectivity index (χ1n) is 2.89. The average Bonchev–Trinajstić information content (AvgIpc) is 2.38. The maximum Gasteiger partial charge on any atom is 0.0535 e. The number of rotatable bonds is 1. The standard InChI is InChI=1S/C6H7FN/c7-6(3-8-4-6)5-1-2-5/h3-5H,1-2H2/q-1. The Morgan fingerprint density at radius 3 is 2.50 bits per heavy atom. The van der Waals surface area contributed by atoms with Gasteiger partial charge in [-0.25, -0.2) is 0 Å². The molecule has 0 aromatic rings. The first kappa shape index (κ1) is 4.36. The summed E-state index contributed by atoms with van der Waals surface area (Å²) in [4.78, 5) is 3.61. The van der Waals surface area contributed by atoms with Crippen LogP contribution in [0.5, 0.6) is 0 Å². The third kappa shape index (κ3) is 0.403. The van der Waals surface area contributed by atoms with E-state index in [2.05, 4.69) is 4.99 Å². The largest absolute Gasteiger partial charge is 0.454 e. The lowest BCUT2D eigenvalue weighted by Crippen LogP contribution is -2.34. The van der Waals surface area contributed by atoms with Crippen LogP contribution in [0, 0.1) is 12.5 Å². The molecule has 8 heavy (non-hydrogen) atoms. The number of aliphatic imine (C=N–C) groups is 1. The lowest BCUT2D eigenvalue weighted by atomic mass is 9.98. The first-order chi connectivity index (χ1) is 3.81. The van der Waals surface area contributed by atoms with Gasteiger partial charge in [-0.05, 0) is 18.8 Å². The van der Waals surface area contributed by atoms with Gasteiger partial charge in [0.25, 0.3) is 0 Å². The Morgan fingerprint density at radius 2 is 2.38 bits per heavy atom. The van der Waals surface area contributed by atoms with Gasteiger partial charge in [0.2, 0.25) is 0 Å². The van der Waals surface area contributed by atoms with E-state index in [1.807, 2.05) is 0 Å². The van der Waals surface area contributed by atoms with Crippen LogP contribution in [-0.2, 0) is 0 Å². The highest BCUT2D eigenvalue weighted by molar-refractivity contribution is 5.78. The summed E-state index contributed by atoms with van der Waals surface area (Å²) in [5.41, 5.74) is -1.08. The second-order valence-electron chi connectivity index (χ2n) is 2.51. The number of hydrogen-bond donors (Lipinski definition) is 0. The van der Waals surface area contributed by atoms with Crippen LogP contribution in [0.1, 0.15) is 12.8 Å². The highest BCUT2D eigenvalue weighted by Gasteiger charge is 2.40. The van der Waals surface area contributed by atoms with E-state index in [0.29, 0.717) is 0 Å². The molecule has 0 saturated heterocycles. The number of nitrogens with zero attached hydrogens (tertiary/aromatic N) is 1. The Labute approximate surface area is 47.6 Å². The maximum atomic E-state index is 12.9. The smallest absolute Gasteiger partial charge is 0.0535 e. The second-order valence-corrected chi connectivity index (χ2v) is 2.51. The molecule has 0 bridgehead atoms. The van der Waals surface area contributed by atoms with Crippen LogP contribution in [0.2, 0.25) is 0 Å². The molecule has 1 atom stereocenters. The fourth-order valence-electron chi connectivity index (χ4n) is 0.954. The van der Waals surface area contributed by atoms with E-state index in [1.165, 1.54) is 12.8 Å². The molecule has 1 saturated carbocycles. The van der Waals surface area contributed by atoms with Crippen molar-refractivity contribution in [1.29, 1.82) is 0 Å². The summed E-state index contributed by atoms with van der Waals surface area (Å²) >= 11 is 0. The highest BCUT2D eigenvalue weighted by atomic mass is 19.1. The number of alkyl halides is 1. The fourth-order valence-corrected chi connectivity index (χ4v) is 0.954. The summed E-state index contributed by atoms with van der Waals surface area (Å²) in [7, 11) is 0. The van der Waals surface area contributed by atoms with Gasteiger partial charge in [-0.1, -0.05) is 0 Å². The molecule has 1 aliphatic carbocycles. The molecular weight excluding hydrogens is 105 g/mol. The van der Waals surface area contributed by atoms with Crippen molar-refractivity contribution in [3.63, 3.8) is 0 Å². The summed E-state index contributed by atoms with van der Waals surface area (Å²) in [6.07, 6.45) is 3.49. The van der Waals surface area contributed by atoms with E-state index in [1.54, 1.807) is 0 Å². The van der Waals surface area contributed by atoms with Crippen LogP contribution in [0.3, 0.4) is 0 Å². The van der Waals surface area contributed by atoms with Crippen molar-refractivity contribution in [1.82, 2.24) is 0 Å². The van der Waals surface area contributed by atoms with Crippen LogP contribution < -0.4 is 0 Å². The van der Waals surface area contributed by atoms with Crippen LogP contribution in [0.15, 0.2) is 4.99 Å². The van der Waals surface area contributed by atoms with E-state index in [-0.39, 0.29) is 5.92 Å². The molecule has 1 nitrogen and oxygen atoms in total. The van der Waals surface area contributed by atoms with E-state index >= 15 is 0 Å². The van der Waals surface area contributed by atoms with Gasteiger partial charge in [0.15, 0.2) is 0 Å². The summed E-state index contributed by atoms with van der Waals surface area (Å²) < 4.78 is 12.9. The zero-order chi connectivity index (χ0) is 5.61. The van der Waals surface area contributed by atoms with Gasteiger partial charge in [0.1, 0.15) is 0 Å². The van der Waals surface area contributed by atoms with Crippen molar-refractivity contribution >= 4 is 6.21 Å². The summed E-state index contributed by atoms with van der Waals surface area (Å²) in [6.45, 7) is 1.41. The second kappa shape index (κ2) is 1.07. The van der Waals surface area contributed by atoms with Crippen LogP contribution in [-0.4, -0.2) is 11.9 Å². The molecule has 2 rings (SSSR count). The minimum absolute atomic E-state index is 0.278. The zero-order valence-electron chi connectivity index (χ0n) is 4.47. The van der Waals surface area contributed by atoms with Crippen molar-refractivity contribution in [3.8, 4) is 0 Å². The van der Waals surface area contributed by atoms with Gasteiger partial charge < -0.3 is 4.99 Å². The van der Waals surface area contributed by atoms with Gasteiger partial charge >= 0.3 is 0 Å². The van der Waals surface area contributed by atoms with Crippen molar-refractivity contribution < 1.29 is 4.39 Å². The Morgan fingerprint density at radius 1 is 1.75 bits per heavy atom. The molecule has 2 heteroatoms. The lowest BCUT2D eigenvalue weighted by Gasteiger charge is -2.36. The number of hydrogen-bond acceptors (Lipinski definition) is 1. The first-order valence-corrected chi connectivity index (χ1v) is 2.89. The van der Waals surface area contributed by atoms with Gasteiger partial charge in [0.05, 0.1) is 5.67 Å². The fraction of sp³-hybridized carbons (Fsp3) is 0.667. The molecule has 0 aromatic carbocycles. The molecular formula is C6H7FN-. The molecule has 44 valence electrons. The van der Waals surface area contributed by atoms with Crippen molar-refractivity contribution in [3.05, 3.63) is 6.54 Å². The molecule has 0 amide bonds. The normalized spacial score (nSPS) is 43.1. The van der Waals surface area contributed by atoms with Crippen molar-refractivity contribution in [2.75, 3.05) is 0 Å². The quantitative estimate of drug-likeness (QED) is 0.454. The van der Waals surface area contributed by atoms with Gasteiger partial charge in [-0.3, -0.25) is 4.39 Å². The predicted molar refractivity (Wildman–Crippen MR) is 29.4 cm³/mol. The van der Waals surface area contributed by atoms with E-state index in [0.717, 1.165) is 12.8 Å². The minimum Gasteiger partial charge on any atom is -0.454 e. The molecule has 1 aliphatic heterocycles. The summed E-state index contributed by atoms with van der Waals surface area (Å²) in [5.74, 6) is 0.278. The summed E-state index contributed by atoms with van der Waals surface area (Å²) in [5, 5.41) is 0. The Hall–Kier alpha value is -0.530. The van der Waals surface area contributed by atoms with Gasteiger partial charge in [0, 0.05) is 0 Å². The van der Waals surface area contributed by atoms with E-state index < -0.39 is 5.67 Å². The maximum absolute atomic E-state index is 12.9. The topological polar surface area (TPSA) is 12.4 Å². The molecule has 1 heterocycles. The average molecular weight is 112 g/mol. The Kier molecular flexibility index (Phi) is 0.581. The lowest BCUT2D eigenvalue weighted by molar-refractivity contribution is 0.251. The molecule has 0 N–H and O–H groups in total. The van der Waals surface area contributed by atoms with Crippen molar-refractivity contribution in [2.45, 2.75) is 18.5 Å². The highest BCUT2D eigenvalue weighted by Crippen LogP contribution is 2.45. The zero-order valence-corrected chi connectivity index (χ0v) is 4.47. The molecule has 1 unspecified atom stereocenters. The third-order valence-electron chi connectivity index (χ3n) is 1.75. The predicted octanol–water partition coefficient (Wildman–Crippen LogP) is 1.35. The Balaban J connectivity index is 2.11. The van der Waals surface area contributed by atoms with Crippen LogP contribution in [0.25, 0.3) is 0 Å². The third-order valence-corrected chi connectivity index (χ3v) is 1.75. The number of halogens is 1. The van der Waals surface area contributed by atoms with E-state index in [9.17, 15) is 4.39 Å². The SMILES string of the molecule is FC1(C2CC2)C=N[CH-]1. The molecule has 2 aliphatic rings. The monoisotopic (exact) mass is 112 g/mol. The molecule has 0 spiro atoms. The van der Waals surface area contributed by atoms with E-state index in [4.69, 9.17) is 0 Å². The minimum atomic E-state index is -1.08. The Bertz CT molecular complexity index is 139. The molecule has 0 aromatic heterocycles. The van der Waals surface area contributed by atoms with Crippen molar-refractivity contribution in [2.24, 2.45) is 10.9 Å². The van der Waals surface area contributed by atoms with Gasteiger partial charge in [-0.15, -0.1) is 12.8 Å². The van der Waals surface area contributed by atoms with Crippen LogP contribution >= 0.6 is 0 Å². The van der Waals surface area contributed by atoms with Gasteiger partial charge in [-0.2, -0.15) is 0 Å². The molecule has 1 fully saturated rings.